The van der Waals surface area contributed by atoms with Crippen molar-refractivity contribution in [2.75, 3.05) is 5.32 Å². The molecule has 0 unspecified atom stereocenters. The highest BCUT2D eigenvalue weighted by atomic mass is 16.1. The second-order valence-corrected chi connectivity index (χ2v) is 4.65. The quantitative estimate of drug-likeness (QED) is 0.834. The van der Waals surface area contributed by atoms with Gasteiger partial charge in [-0.05, 0) is 45.4 Å². The summed E-state index contributed by atoms with van der Waals surface area (Å²) in [5, 5.41) is 4.12. The molecule has 0 saturated carbocycles. The molecule has 0 spiro atoms. The number of hydrogen-bond donors (Lipinski definition) is 2. The van der Waals surface area contributed by atoms with Gasteiger partial charge in [-0.15, -0.1) is 0 Å². The molecule has 0 saturated heterocycles. The number of H-pyrrole nitrogens is 1. The van der Waals surface area contributed by atoms with Gasteiger partial charge in [0.2, 0.25) is 0 Å². The first-order valence-electron chi connectivity index (χ1n) is 5.75. The van der Waals surface area contributed by atoms with Crippen LogP contribution in [-0.4, -0.2) is 16.0 Å². The number of fused-ring (bicyclic) bond motifs is 1. The number of anilines is 1. The van der Waals surface area contributed by atoms with Crippen molar-refractivity contribution in [3.8, 4) is 0 Å². The maximum absolute atomic E-state index is 11.8. The molecule has 0 aliphatic heterocycles. The van der Waals surface area contributed by atoms with E-state index < -0.39 is 0 Å². The highest BCUT2D eigenvalue weighted by molar-refractivity contribution is 5.81. The predicted molar refractivity (Wildman–Crippen MR) is 70.6 cm³/mol. The van der Waals surface area contributed by atoms with Crippen molar-refractivity contribution >= 4 is 16.7 Å². The van der Waals surface area contributed by atoms with Crippen molar-refractivity contribution < 1.29 is 0 Å². The molecule has 0 aromatic carbocycles. The molecular weight excluding hydrogens is 214 g/mol. The van der Waals surface area contributed by atoms with E-state index in [9.17, 15) is 4.79 Å². The normalized spacial score (nSPS) is 11.1. The third-order valence-corrected chi connectivity index (χ3v) is 2.60. The zero-order valence-corrected chi connectivity index (χ0v) is 10.6. The fourth-order valence-electron chi connectivity index (χ4n) is 1.93. The Morgan fingerprint density at radius 3 is 2.65 bits per heavy atom. The molecule has 0 aliphatic carbocycles. The lowest BCUT2D eigenvalue weighted by Crippen LogP contribution is -2.19. The van der Waals surface area contributed by atoms with E-state index in [2.05, 4.69) is 15.3 Å². The van der Waals surface area contributed by atoms with Crippen LogP contribution in [-0.2, 0) is 0 Å². The van der Waals surface area contributed by atoms with Gasteiger partial charge in [0.25, 0.3) is 5.56 Å². The van der Waals surface area contributed by atoms with Gasteiger partial charge in [0.15, 0.2) is 0 Å². The van der Waals surface area contributed by atoms with E-state index in [-0.39, 0.29) is 11.6 Å². The molecule has 2 heterocycles. The van der Waals surface area contributed by atoms with Gasteiger partial charge in [0.1, 0.15) is 11.3 Å². The molecule has 90 valence electrons. The summed E-state index contributed by atoms with van der Waals surface area (Å²) < 4.78 is 0. The molecule has 2 aromatic rings. The minimum Gasteiger partial charge on any atom is -0.378 e. The average Bonchev–Trinajstić information content (AvgIpc) is 2.19. The van der Waals surface area contributed by atoms with Crippen molar-refractivity contribution in [1.29, 1.82) is 0 Å². The number of hydrogen-bond acceptors (Lipinski definition) is 3. The van der Waals surface area contributed by atoms with Crippen molar-refractivity contribution in [2.24, 2.45) is 0 Å². The highest BCUT2D eigenvalue weighted by Gasteiger charge is 2.07. The van der Waals surface area contributed by atoms with Crippen LogP contribution in [0, 0.1) is 13.8 Å². The number of nitrogens with one attached hydrogen (secondary N) is 2. The van der Waals surface area contributed by atoms with Gasteiger partial charge in [-0.3, -0.25) is 4.79 Å². The van der Waals surface area contributed by atoms with E-state index in [1.54, 1.807) is 0 Å². The summed E-state index contributed by atoms with van der Waals surface area (Å²) in [6.45, 7) is 7.95. The first-order valence-corrected chi connectivity index (χ1v) is 5.75. The Bertz CT molecular complexity index is 614. The van der Waals surface area contributed by atoms with E-state index >= 15 is 0 Å². The Morgan fingerprint density at radius 1 is 1.29 bits per heavy atom. The zero-order chi connectivity index (χ0) is 12.6. The molecule has 2 rings (SSSR count). The zero-order valence-electron chi connectivity index (χ0n) is 10.6. The van der Waals surface area contributed by atoms with Crippen molar-refractivity contribution in [2.45, 2.75) is 33.7 Å². The fourth-order valence-corrected chi connectivity index (χ4v) is 1.93. The van der Waals surface area contributed by atoms with E-state index in [0.29, 0.717) is 11.3 Å². The Kier molecular flexibility index (Phi) is 2.88. The van der Waals surface area contributed by atoms with Crippen LogP contribution in [0.25, 0.3) is 11.0 Å². The van der Waals surface area contributed by atoms with Crippen LogP contribution in [0.5, 0.6) is 0 Å². The number of aromatic amines is 1. The Morgan fingerprint density at radius 2 is 2.00 bits per heavy atom. The summed E-state index contributed by atoms with van der Waals surface area (Å²) in [6.07, 6.45) is 0. The van der Waals surface area contributed by atoms with Crippen LogP contribution in [0.15, 0.2) is 16.9 Å². The first-order chi connectivity index (χ1) is 7.97. The predicted octanol–water partition coefficient (Wildman–Crippen LogP) is 2.36. The van der Waals surface area contributed by atoms with E-state index in [1.807, 2.05) is 39.8 Å². The molecule has 0 radical (unpaired) electrons. The third kappa shape index (κ3) is 2.30. The molecule has 0 aliphatic rings. The second kappa shape index (κ2) is 4.20. The third-order valence-electron chi connectivity index (χ3n) is 2.60. The minimum absolute atomic E-state index is 0.122. The Labute approximate surface area is 100 Å². The van der Waals surface area contributed by atoms with Crippen LogP contribution >= 0.6 is 0 Å². The van der Waals surface area contributed by atoms with Gasteiger partial charge in [-0.1, -0.05) is 0 Å². The molecule has 4 nitrogen and oxygen atoms in total. The van der Waals surface area contributed by atoms with Crippen LogP contribution in [0.3, 0.4) is 0 Å². The summed E-state index contributed by atoms with van der Waals surface area (Å²) in [7, 11) is 0. The number of nitrogens with zero attached hydrogens (tertiary/aromatic N) is 1. The van der Waals surface area contributed by atoms with Gasteiger partial charge in [-0.2, -0.15) is 0 Å². The minimum atomic E-state index is -0.122. The number of aryl methyl sites for hydroxylation is 2. The lowest BCUT2D eigenvalue weighted by molar-refractivity contribution is 0.895. The van der Waals surface area contributed by atoms with E-state index in [0.717, 1.165) is 16.6 Å². The smallest absolute Gasteiger partial charge is 0.272 e. The molecule has 0 atom stereocenters. The average molecular weight is 231 g/mol. The molecule has 2 aromatic heterocycles. The summed E-state index contributed by atoms with van der Waals surface area (Å²) >= 11 is 0. The van der Waals surface area contributed by atoms with E-state index in [1.165, 1.54) is 0 Å². The van der Waals surface area contributed by atoms with Gasteiger partial charge in [0, 0.05) is 17.1 Å². The van der Waals surface area contributed by atoms with Crippen molar-refractivity contribution in [1.82, 2.24) is 9.97 Å². The number of rotatable bonds is 2. The molecular formula is C13H17N3O. The summed E-state index contributed by atoms with van der Waals surface area (Å²) in [5.41, 5.74) is 3.16. The van der Waals surface area contributed by atoms with E-state index in [4.69, 9.17) is 0 Å². The fraction of sp³-hybridized carbons (Fsp3) is 0.385. The van der Waals surface area contributed by atoms with Gasteiger partial charge < -0.3 is 10.3 Å². The van der Waals surface area contributed by atoms with Crippen molar-refractivity contribution in [3.63, 3.8) is 0 Å². The molecule has 0 amide bonds. The van der Waals surface area contributed by atoms with Crippen molar-refractivity contribution in [3.05, 3.63) is 33.7 Å². The summed E-state index contributed by atoms with van der Waals surface area (Å²) in [5.74, 6) is 0. The largest absolute Gasteiger partial charge is 0.378 e. The van der Waals surface area contributed by atoms with Crippen LogP contribution in [0.1, 0.15) is 25.1 Å². The SMILES string of the molecule is Cc1cc(C)c2cc(NC(C)C)c(=O)[nH]c2n1. The van der Waals surface area contributed by atoms with Gasteiger partial charge in [-0.25, -0.2) is 4.98 Å². The monoisotopic (exact) mass is 231 g/mol. The molecule has 4 heteroatoms. The number of aromatic nitrogens is 2. The van der Waals surface area contributed by atoms with Gasteiger partial charge in [0.05, 0.1) is 0 Å². The topological polar surface area (TPSA) is 57.8 Å². The first kappa shape index (κ1) is 11.6. The summed E-state index contributed by atoms with van der Waals surface area (Å²) in [6, 6.07) is 4.11. The van der Waals surface area contributed by atoms with Gasteiger partial charge >= 0.3 is 0 Å². The lowest BCUT2D eigenvalue weighted by atomic mass is 10.1. The highest BCUT2D eigenvalue weighted by Crippen LogP contribution is 2.17. The summed E-state index contributed by atoms with van der Waals surface area (Å²) in [4.78, 5) is 19.0. The second-order valence-electron chi connectivity index (χ2n) is 4.65. The molecule has 17 heavy (non-hydrogen) atoms. The maximum atomic E-state index is 11.8. The Hall–Kier alpha value is -1.84. The lowest BCUT2D eigenvalue weighted by Gasteiger charge is -2.10. The molecule has 2 N–H and O–H groups in total. The molecule has 0 bridgehead atoms. The Balaban J connectivity index is 2.67. The van der Waals surface area contributed by atoms with Crippen LogP contribution < -0.4 is 10.9 Å². The maximum Gasteiger partial charge on any atom is 0.272 e. The molecule has 0 fully saturated rings. The standard InChI is InChI=1S/C13H17N3O/c1-7(2)14-11-6-10-8(3)5-9(4)15-12(10)16-13(11)17/h5-7,14H,1-4H3,(H,15,16,17). The van der Waals surface area contributed by atoms with Crippen LogP contribution in [0.4, 0.5) is 5.69 Å². The number of pyridine rings is 2. The van der Waals surface area contributed by atoms with Crippen LogP contribution in [0.2, 0.25) is 0 Å².